The Bertz CT molecular complexity index is 633. The van der Waals surface area contributed by atoms with E-state index in [4.69, 9.17) is 43.0 Å². The summed E-state index contributed by atoms with van der Waals surface area (Å²) >= 11 is 0. The number of terminal acetylenes is 3. The number of ether oxygens (including phenoxy) is 5. The van der Waals surface area contributed by atoms with Gasteiger partial charge in [-0.15, -0.1) is 24.4 Å². The zero-order chi connectivity index (χ0) is 21.2. The maximum Gasteiger partial charge on any atom is 0.108 e. The molecule has 0 atom stereocenters. The van der Waals surface area contributed by atoms with Crippen LogP contribution in [0, 0.1) is 42.4 Å². The van der Waals surface area contributed by atoms with Crippen LogP contribution in [0.3, 0.4) is 0 Å². The van der Waals surface area contributed by atoms with Crippen LogP contribution >= 0.6 is 0 Å². The molecule has 1 heterocycles. The van der Waals surface area contributed by atoms with E-state index in [9.17, 15) is 0 Å². The highest BCUT2D eigenvalue weighted by Crippen LogP contribution is 2.21. The Morgan fingerprint density at radius 1 is 0.897 bits per heavy atom. The minimum absolute atomic E-state index is 0.167. The van der Waals surface area contributed by atoms with Crippen molar-refractivity contribution in [1.29, 1.82) is 0 Å². The maximum absolute atomic E-state index is 5.87. The molecule has 8 nitrogen and oxygen atoms in total. The zero-order valence-electron chi connectivity index (χ0n) is 17.0. The Balaban J connectivity index is 2.66. The molecule has 0 bridgehead atoms. The van der Waals surface area contributed by atoms with E-state index in [0.29, 0.717) is 25.5 Å². The number of nitrogens with zero attached hydrogens (tertiary/aromatic N) is 3. The van der Waals surface area contributed by atoms with Gasteiger partial charge in [-0.2, -0.15) is 0 Å². The second-order valence-electron chi connectivity index (χ2n) is 6.25. The Morgan fingerprint density at radius 3 is 1.97 bits per heavy atom. The van der Waals surface area contributed by atoms with Crippen molar-refractivity contribution in [1.82, 2.24) is 15.0 Å². The summed E-state index contributed by atoms with van der Waals surface area (Å²) in [5.41, 5.74) is 0.0872. The molecule has 0 spiro atoms. The van der Waals surface area contributed by atoms with Crippen LogP contribution in [0.1, 0.15) is 12.6 Å². The van der Waals surface area contributed by atoms with Crippen molar-refractivity contribution < 1.29 is 23.7 Å². The lowest BCUT2D eigenvalue weighted by Crippen LogP contribution is -2.42. The molecule has 158 valence electrons. The fourth-order valence-electron chi connectivity index (χ4n) is 2.42. The summed E-state index contributed by atoms with van der Waals surface area (Å²) in [6, 6.07) is 0. The summed E-state index contributed by atoms with van der Waals surface area (Å²) in [5, 5.41) is 8.15. The van der Waals surface area contributed by atoms with Crippen molar-refractivity contribution in [3.8, 4) is 37.0 Å². The van der Waals surface area contributed by atoms with Gasteiger partial charge in [0.1, 0.15) is 25.5 Å². The van der Waals surface area contributed by atoms with Crippen LogP contribution < -0.4 is 0 Å². The Hall–Kier alpha value is -2.38. The SMILES string of the molecule is C#CCOCC(COCC#C)(COCC#C)COCc1cn(CCOCC)nn1. The van der Waals surface area contributed by atoms with E-state index in [2.05, 4.69) is 28.1 Å². The van der Waals surface area contributed by atoms with Crippen molar-refractivity contribution in [3.63, 3.8) is 0 Å². The molecule has 1 aromatic rings. The van der Waals surface area contributed by atoms with Crippen LogP contribution in [-0.2, 0) is 36.8 Å². The Labute approximate surface area is 173 Å². The molecule has 8 heteroatoms. The lowest BCUT2D eigenvalue weighted by atomic mass is 9.92. The third-order valence-electron chi connectivity index (χ3n) is 3.69. The fraction of sp³-hybridized carbons (Fsp3) is 0.619. The summed E-state index contributed by atoms with van der Waals surface area (Å²) in [6.45, 7) is 5.68. The molecule has 0 radical (unpaired) electrons. The van der Waals surface area contributed by atoms with Crippen molar-refractivity contribution in [2.75, 3.05) is 59.5 Å². The molecular formula is C21H29N3O5. The summed E-state index contributed by atoms with van der Waals surface area (Å²) in [4.78, 5) is 0. The van der Waals surface area contributed by atoms with Gasteiger partial charge in [0.2, 0.25) is 0 Å². The second kappa shape index (κ2) is 15.5. The lowest BCUT2D eigenvalue weighted by Gasteiger charge is -2.32. The first-order valence-electron chi connectivity index (χ1n) is 9.28. The Kier molecular flexibility index (Phi) is 13.2. The number of hydrogen-bond donors (Lipinski definition) is 0. The molecule has 0 aliphatic rings. The molecule has 1 aromatic heterocycles. The number of hydrogen-bond acceptors (Lipinski definition) is 7. The molecule has 0 aliphatic carbocycles. The molecule has 0 aliphatic heterocycles. The van der Waals surface area contributed by atoms with Gasteiger partial charge >= 0.3 is 0 Å². The van der Waals surface area contributed by atoms with Crippen LogP contribution in [0.5, 0.6) is 0 Å². The van der Waals surface area contributed by atoms with Gasteiger partial charge in [-0.1, -0.05) is 23.0 Å². The van der Waals surface area contributed by atoms with Gasteiger partial charge < -0.3 is 23.7 Å². The maximum atomic E-state index is 5.87. The highest BCUT2D eigenvalue weighted by molar-refractivity contribution is 4.91. The third kappa shape index (κ3) is 10.7. The van der Waals surface area contributed by atoms with Crippen molar-refractivity contribution in [3.05, 3.63) is 11.9 Å². The smallest absolute Gasteiger partial charge is 0.108 e. The van der Waals surface area contributed by atoms with E-state index in [0.717, 1.165) is 0 Å². The largest absolute Gasteiger partial charge is 0.380 e. The summed E-state index contributed by atoms with van der Waals surface area (Å²) in [5.74, 6) is 7.32. The monoisotopic (exact) mass is 403 g/mol. The van der Waals surface area contributed by atoms with Crippen LogP contribution in [0.4, 0.5) is 0 Å². The second-order valence-corrected chi connectivity index (χ2v) is 6.25. The highest BCUT2D eigenvalue weighted by atomic mass is 16.5. The quantitative estimate of drug-likeness (QED) is 0.281. The van der Waals surface area contributed by atoms with Gasteiger partial charge in [0, 0.05) is 6.61 Å². The van der Waals surface area contributed by atoms with Crippen LogP contribution in [-0.4, -0.2) is 74.5 Å². The van der Waals surface area contributed by atoms with Crippen LogP contribution in [0.25, 0.3) is 0 Å². The Morgan fingerprint density at radius 2 is 1.45 bits per heavy atom. The molecule has 0 N–H and O–H groups in total. The highest BCUT2D eigenvalue weighted by Gasteiger charge is 2.32. The molecule has 0 unspecified atom stereocenters. The van der Waals surface area contributed by atoms with E-state index in [1.807, 2.05) is 13.1 Å². The molecule has 0 amide bonds. The molecule has 0 fully saturated rings. The summed E-state index contributed by atoms with van der Waals surface area (Å²) in [7, 11) is 0. The average molecular weight is 403 g/mol. The van der Waals surface area contributed by atoms with Gasteiger partial charge in [0.15, 0.2) is 0 Å². The zero-order valence-corrected chi connectivity index (χ0v) is 17.0. The van der Waals surface area contributed by atoms with Crippen molar-refractivity contribution in [2.45, 2.75) is 20.1 Å². The standard InChI is InChI=1S/C21H29N3O5/c1-5-10-26-16-21(17-27-11-6-2,18-28-12-7-3)19-29-15-20-14-24(23-22-20)9-13-25-8-4/h1-3,14H,8-13,15-19H2,4H3. The third-order valence-corrected chi connectivity index (χ3v) is 3.69. The van der Waals surface area contributed by atoms with Gasteiger partial charge in [-0.05, 0) is 6.92 Å². The minimum Gasteiger partial charge on any atom is -0.380 e. The predicted molar refractivity (Wildman–Crippen MR) is 108 cm³/mol. The van der Waals surface area contributed by atoms with Crippen molar-refractivity contribution in [2.24, 2.45) is 5.41 Å². The van der Waals surface area contributed by atoms with E-state index in [1.54, 1.807) is 4.68 Å². The normalized spacial score (nSPS) is 11.0. The van der Waals surface area contributed by atoms with E-state index in [-0.39, 0.29) is 52.9 Å². The van der Waals surface area contributed by atoms with Gasteiger partial charge in [-0.3, -0.25) is 0 Å². The molecular weight excluding hydrogens is 374 g/mol. The molecule has 0 saturated carbocycles. The first-order valence-corrected chi connectivity index (χ1v) is 9.28. The number of rotatable bonds is 17. The van der Waals surface area contributed by atoms with E-state index < -0.39 is 5.41 Å². The van der Waals surface area contributed by atoms with Gasteiger partial charge in [0.05, 0.1) is 57.8 Å². The molecule has 1 rings (SSSR count). The first kappa shape index (κ1) is 24.7. The van der Waals surface area contributed by atoms with E-state index in [1.165, 1.54) is 0 Å². The van der Waals surface area contributed by atoms with Crippen molar-refractivity contribution >= 4 is 0 Å². The summed E-state index contributed by atoms with van der Waals surface area (Å²) in [6.07, 6.45) is 17.6. The molecule has 0 saturated heterocycles. The lowest BCUT2D eigenvalue weighted by molar-refractivity contribution is -0.0992. The number of aromatic nitrogens is 3. The molecule has 29 heavy (non-hydrogen) atoms. The van der Waals surface area contributed by atoms with E-state index >= 15 is 0 Å². The van der Waals surface area contributed by atoms with Crippen LogP contribution in [0.15, 0.2) is 6.20 Å². The van der Waals surface area contributed by atoms with Gasteiger partial charge in [0.25, 0.3) is 0 Å². The average Bonchev–Trinajstić information content (AvgIpc) is 3.16. The summed E-state index contributed by atoms with van der Waals surface area (Å²) < 4.78 is 29.5. The van der Waals surface area contributed by atoms with Gasteiger partial charge in [-0.25, -0.2) is 4.68 Å². The van der Waals surface area contributed by atoms with Crippen LogP contribution in [0.2, 0.25) is 0 Å². The molecule has 0 aromatic carbocycles. The topological polar surface area (TPSA) is 76.9 Å². The minimum atomic E-state index is -0.616. The predicted octanol–water partition coefficient (Wildman–Crippen LogP) is 0.767. The first-order chi connectivity index (χ1) is 14.2. The fourth-order valence-corrected chi connectivity index (χ4v) is 2.42.